The monoisotopic (exact) mass is 836 g/mol. The van der Waals surface area contributed by atoms with Crippen molar-refractivity contribution < 1.29 is 13.3 Å². The van der Waals surface area contributed by atoms with E-state index in [1.54, 1.807) is 11.8 Å². The first-order chi connectivity index (χ1) is 28.0. The summed E-state index contributed by atoms with van der Waals surface area (Å²) in [5, 5.41) is 16.9. The largest absolute Gasteiger partial charge is 0.376 e. The predicted molar refractivity (Wildman–Crippen MR) is 236 cm³/mol. The van der Waals surface area contributed by atoms with Crippen LogP contribution in [0.3, 0.4) is 0 Å². The van der Waals surface area contributed by atoms with Crippen molar-refractivity contribution in [3.63, 3.8) is 0 Å². The fourth-order valence-corrected chi connectivity index (χ4v) is 9.24. The Kier molecular flexibility index (Phi) is 13.1. The van der Waals surface area contributed by atoms with E-state index in [0.29, 0.717) is 21.7 Å². The summed E-state index contributed by atoms with van der Waals surface area (Å²) >= 11 is 8.08. The number of hydrogen-bond acceptors (Lipinski definition) is 11. The van der Waals surface area contributed by atoms with Crippen molar-refractivity contribution in [2.75, 3.05) is 67.5 Å². The van der Waals surface area contributed by atoms with Gasteiger partial charge in [-0.1, -0.05) is 66.2 Å². The lowest BCUT2D eigenvalue weighted by atomic mass is 9.99. The molecule has 0 amide bonds. The molecule has 0 saturated carbocycles. The van der Waals surface area contributed by atoms with Gasteiger partial charge in [0.15, 0.2) is 5.82 Å². The summed E-state index contributed by atoms with van der Waals surface area (Å²) in [4.78, 5) is 28.1. The second-order valence-corrected chi connectivity index (χ2v) is 17.7. The molecular formula is C43H45ClN8O4S2. The van der Waals surface area contributed by atoms with Gasteiger partial charge in [-0.05, 0) is 98.3 Å². The van der Waals surface area contributed by atoms with E-state index in [1.165, 1.54) is 29.6 Å². The average molecular weight is 837 g/mol. The number of aromatic nitrogens is 2. The van der Waals surface area contributed by atoms with E-state index in [4.69, 9.17) is 11.6 Å². The molecule has 7 rings (SSSR count). The Hall–Kier alpha value is -5.25. The number of piperazine rings is 1. The van der Waals surface area contributed by atoms with Crippen LogP contribution in [-0.4, -0.2) is 91.7 Å². The number of nitrogens with one attached hydrogen (secondary N) is 2. The number of thioether (sulfide) groups is 1. The predicted octanol–water partition coefficient (Wildman–Crippen LogP) is 8.51. The van der Waals surface area contributed by atoms with E-state index < -0.39 is 14.9 Å². The summed E-state index contributed by atoms with van der Waals surface area (Å²) < 4.78 is 30.0. The second kappa shape index (κ2) is 18.6. The van der Waals surface area contributed by atoms with Gasteiger partial charge in [-0.25, -0.2) is 18.4 Å². The highest BCUT2D eigenvalue weighted by Crippen LogP contribution is 2.33. The Balaban J connectivity index is 1.03. The molecule has 0 aliphatic carbocycles. The fraction of sp³-hybridized carbons (Fsp3) is 0.256. The first-order valence-corrected chi connectivity index (χ1v) is 21.8. The third-order valence-corrected chi connectivity index (χ3v) is 12.8. The van der Waals surface area contributed by atoms with Crippen LogP contribution < -0.4 is 14.9 Å². The average Bonchev–Trinajstić information content (AvgIpc) is 3.22. The molecule has 2 N–H and O–H groups in total. The number of anilines is 3. The van der Waals surface area contributed by atoms with Crippen LogP contribution in [-0.2, 0) is 16.6 Å². The molecule has 15 heteroatoms. The van der Waals surface area contributed by atoms with Crippen LogP contribution >= 0.6 is 23.4 Å². The van der Waals surface area contributed by atoms with Crippen molar-refractivity contribution in [1.82, 2.24) is 19.8 Å². The zero-order valence-corrected chi connectivity index (χ0v) is 34.7. The SMILES string of the molecule is CN(C)CC[C@H](CSc1ccccc1)Nc1ccc(S(=O)(=O)Nc2ncnc3cc(N4CCN(Cc5cc(Cl)ccc5-c5ccccc5)CC4)ccc23)cc1[N+](=O)[O-]. The lowest BCUT2D eigenvalue weighted by molar-refractivity contribution is -0.384. The number of nitro benzene ring substituents is 1. The topological polar surface area (TPSA) is 137 Å². The van der Waals surface area contributed by atoms with Crippen molar-refractivity contribution in [2.45, 2.75) is 28.8 Å². The molecule has 1 aliphatic rings. The van der Waals surface area contributed by atoms with Crippen LogP contribution in [0.25, 0.3) is 22.0 Å². The number of hydrogen-bond donors (Lipinski definition) is 2. The quantitative estimate of drug-likeness (QED) is 0.0552. The van der Waals surface area contributed by atoms with Crippen molar-refractivity contribution in [1.29, 1.82) is 0 Å². The molecule has 0 bridgehead atoms. The maximum Gasteiger partial charge on any atom is 0.293 e. The first kappa shape index (κ1) is 40.9. The summed E-state index contributed by atoms with van der Waals surface area (Å²) in [5.41, 5.74) is 4.98. The van der Waals surface area contributed by atoms with Crippen molar-refractivity contribution in [3.05, 3.63) is 142 Å². The molecule has 1 aliphatic heterocycles. The third-order valence-electron chi connectivity index (χ3n) is 10.1. The van der Waals surface area contributed by atoms with Crippen molar-refractivity contribution >= 4 is 67.2 Å². The molecule has 1 fully saturated rings. The minimum atomic E-state index is -4.27. The lowest BCUT2D eigenvalue weighted by Gasteiger charge is -2.36. The highest BCUT2D eigenvalue weighted by Gasteiger charge is 2.25. The summed E-state index contributed by atoms with van der Waals surface area (Å²) in [6, 6.07) is 35.8. The van der Waals surface area contributed by atoms with Crippen LogP contribution in [0.1, 0.15) is 12.0 Å². The van der Waals surface area contributed by atoms with Crippen LogP contribution in [0, 0.1) is 10.1 Å². The van der Waals surface area contributed by atoms with Crippen LogP contribution in [0.4, 0.5) is 22.9 Å². The number of fused-ring (bicyclic) bond motifs is 1. The molecule has 58 heavy (non-hydrogen) atoms. The Labute approximate surface area is 348 Å². The van der Waals surface area contributed by atoms with Gasteiger partial charge in [-0.3, -0.25) is 19.7 Å². The number of sulfonamides is 1. The number of halogens is 1. The van der Waals surface area contributed by atoms with Gasteiger partial charge in [0.05, 0.1) is 15.3 Å². The summed E-state index contributed by atoms with van der Waals surface area (Å²) in [7, 11) is -0.315. The highest BCUT2D eigenvalue weighted by atomic mass is 35.5. The van der Waals surface area contributed by atoms with Gasteiger partial charge < -0.3 is 15.1 Å². The van der Waals surface area contributed by atoms with Crippen LogP contribution in [0.5, 0.6) is 0 Å². The van der Waals surface area contributed by atoms with Gasteiger partial charge in [0.2, 0.25) is 0 Å². The van der Waals surface area contributed by atoms with Gasteiger partial charge in [0, 0.05) is 71.6 Å². The number of nitrogens with zero attached hydrogens (tertiary/aromatic N) is 6. The molecule has 0 unspecified atom stereocenters. The van der Waals surface area contributed by atoms with E-state index in [2.05, 4.69) is 59.0 Å². The Morgan fingerprint density at radius 1 is 0.897 bits per heavy atom. The highest BCUT2D eigenvalue weighted by molar-refractivity contribution is 7.99. The summed E-state index contributed by atoms with van der Waals surface area (Å²) in [6.07, 6.45) is 2.04. The molecule has 0 radical (unpaired) electrons. The van der Waals surface area contributed by atoms with Crippen LogP contribution in [0.15, 0.2) is 131 Å². The molecule has 1 saturated heterocycles. The molecule has 2 heterocycles. The number of rotatable bonds is 16. The molecular weight excluding hydrogens is 792 g/mol. The van der Waals surface area contributed by atoms with E-state index in [1.807, 2.05) is 86.9 Å². The maximum atomic E-state index is 13.7. The Bertz CT molecular complexity index is 2470. The van der Waals surface area contributed by atoms with Gasteiger partial charge in [0.1, 0.15) is 12.0 Å². The van der Waals surface area contributed by atoms with E-state index in [-0.39, 0.29) is 28.1 Å². The Morgan fingerprint density at radius 3 is 2.36 bits per heavy atom. The number of nitro groups is 1. The molecule has 300 valence electrons. The zero-order chi connectivity index (χ0) is 40.6. The molecule has 12 nitrogen and oxygen atoms in total. The first-order valence-electron chi connectivity index (χ1n) is 19.0. The van der Waals surface area contributed by atoms with Crippen molar-refractivity contribution in [3.8, 4) is 11.1 Å². The van der Waals surface area contributed by atoms with Gasteiger partial charge in [0.25, 0.3) is 15.7 Å². The fourth-order valence-electron chi connectivity index (χ4n) is 7.00. The van der Waals surface area contributed by atoms with Gasteiger partial charge in [-0.2, -0.15) is 0 Å². The summed E-state index contributed by atoms with van der Waals surface area (Å²) in [6.45, 7) is 4.82. The normalized spacial score (nSPS) is 14.1. The summed E-state index contributed by atoms with van der Waals surface area (Å²) in [5.74, 6) is 0.749. The zero-order valence-electron chi connectivity index (χ0n) is 32.3. The molecule has 1 aromatic heterocycles. The van der Waals surface area contributed by atoms with Crippen molar-refractivity contribution in [2.24, 2.45) is 0 Å². The maximum absolute atomic E-state index is 13.7. The lowest BCUT2D eigenvalue weighted by Crippen LogP contribution is -2.46. The van der Waals surface area contributed by atoms with E-state index >= 15 is 0 Å². The van der Waals surface area contributed by atoms with Gasteiger partial charge >= 0.3 is 0 Å². The van der Waals surface area contributed by atoms with Gasteiger partial charge in [-0.15, -0.1) is 11.8 Å². The standard InChI is InChI=1S/C43H45ClN8O4S2/c1-49(2)20-19-34(29-57-36-11-7-4-8-12-36)47-40-18-15-37(27-42(40)52(53)54)58(55,56)48-43-39-17-14-35(26-41(39)45-30-46-43)51-23-21-50(22-24-51)28-32-25-33(44)13-16-38(32)31-9-5-3-6-10-31/h3-18,25-27,30,34,47H,19-24,28-29H2,1-2H3,(H,45,46,48)/t34-/m1/s1. The second-order valence-electron chi connectivity index (χ2n) is 14.5. The molecule has 6 aromatic rings. The minimum absolute atomic E-state index is 0.0867. The van der Waals surface area contributed by atoms with E-state index in [9.17, 15) is 18.5 Å². The molecule has 0 spiro atoms. The third kappa shape index (κ3) is 10.2. The number of benzene rings is 5. The minimum Gasteiger partial charge on any atom is -0.376 e. The molecule has 5 aromatic carbocycles. The Morgan fingerprint density at radius 2 is 1.64 bits per heavy atom. The molecule has 1 atom stereocenters. The van der Waals surface area contributed by atoms with Crippen LogP contribution in [0.2, 0.25) is 5.02 Å². The van der Waals surface area contributed by atoms with E-state index in [0.717, 1.165) is 67.9 Å². The smallest absolute Gasteiger partial charge is 0.293 e.